The first kappa shape index (κ1) is 15.8. The Morgan fingerprint density at radius 1 is 1.53 bits per heavy atom. The number of nitrogens with zero attached hydrogens (tertiary/aromatic N) is 3. The minimum atomic E-state index is 0. The van der Waals surface area contributed by atoms with E-state index in [1.165, 1.54) is 0 Å². The SMILES string of the molecule is COCCN(C)c1ncc(Br)nc1Br.[H-].[Na+]. The maximum atomic E-state index is 4.98. The van der Waals surface area contributed by atoms with Gasteiger partial charge in [0.15, 0.2) is 5.82 Å². The molecule has 0 bridgehead atoms. The number of halogens is 2. The van der Waals surface area contributed by atoms with Crippen molar-refractivity contribution in [3.05, 3.63) is 15.4 Å². The molecule has 0 atom stereocenters. The van der Waals surface area contributed by atoms with Crippen molar-refractivity contribution in [1.29, 1.82) is 0 Å². The number of aromatic nitrogens is 2. The van der Waals surface area contributed by atoms with Crippen LogP contribution in [0.3, 0.4) is 0 Å². The van der Waals surface area contributed by atoms with E-state index in [2.05, 4.69) is 41.8 Å². The fourth-order valence-corrected chi connectivity index (χ4v) is 2.04. The van der Waals surface area contributed by atoms with E-state index in [1.54, 1.807) is 13.3 Å². The second-order valence-electron chi connectivity index (χ2n) is 2.72. The van der Waals surface area contributed by atoms with Crippen LogP contribution in [0, 0.1) is 0 Å². The summed E-state index contributed by atoms with van der Waals surface area (Å²) < 4.78 is 6.43. The van der Waals surface area contributed by atoms with Gasteiger partial charge in [-0.25, -0.2) is 9.97 Å². The molecule has 1 heterocycles. The molecule has 0 fully saturated rings. The van der Waals surface area contributed by atoms with Gasteiger partial charge in [0, 0.05) is 20.7 Å². The molecule has 1 rings (SSSR count). The van der Waals surface area contributed by atoms with E-state index in [0.29, 0.717) is 11.2 Å². The topological polar surface area (TPSA) is 38.2 Å². The van der Waals surface area contributed by atoms with Crippen LogP contribution in [0.2, 0.25) is 0 Å². The molecule has 0 unspecified atom stereocenters. The average Bonchev–Trinajstić information content (AvgIpc) is 2.14. The zero-order valence-electron chi connectivity index (χ0n) is 10.00. The molecule has 15 heavy (non-hydrogen) atoms. The predicted octanol–water partition coefficient (Wildman–Crippen LogP) is -0.799. The van der Waals surface area contributed by atoms with E-state index in [0.717, 1.165) is 17.0 Å². The number of hydrogen-bond acceptors (Lipinski definition) is 4. The van der Waals surface area contributed by atoms with E-state index >= 15 is 0 Å². The molecular weight excluding hydrogens is 337 g/mol. The van der Waals surface area contributed by atoms with Crippen molar-refractivity contribution in [2.45, 2.75) is 0 Å². The normalized spacial score (nSPS) is 9.60. The van der Waals surface area contributed by atoms with Gasteiger partial charge in [-0.2, -0.15) is 0 Å². The zero-order valence-corrected chi connectivity index (χ0v) is 14.2. The summed E-state index contributed by atoms with van der Waals surface area (Å²) in [4.78, 5) is 10.4. The molecule has 0 aromatic carbocycles. The molecule has 0 saturated heterocycles. The second kappa shape index (κ2) is 7.97. The predicted molar refractivity (Wildman–Crippen MR) is 63.7 cm³/mol. The molecule has 0 radical (unpaired) electrons. The van der Waals surface area contributed by atoms with E-state index < -0.39 is 0 Å². The molecule has 0 aliphatic rings. The minimum absolute atomic E-state index is 0. The van der Waals surface area contributed by atoms with Crippen molar-refractivity contribution in [2.75, 3.05) is 32.2 Å². The summed E-state index contributed by atoms with van der Waals surface area (Å²) in [6, 6.07) is 0. The first-order valence-corrected chi connectivity index (χ1v) is 5.62. The number of likely N-dealkylation sites (N-methyl/N-ethyl adjacent to an activating group) is 1. The van der Waals surface area contributed by atoms with Gasteiger partial charge in [0.25, 0.3) is 0 Å². The first-order chi connectivity index (χ1) is 6.65. The molecule has 0 aliphatic heterocycles. The van der Waals surface area contributed by atoms with Crippen molar-refractivity contribution in [1.82, 2.24) is 9.97 Å². The van der Waals surface area contributed by atoms with Crippen LogP contribution in [0.5, 0.6) is 0 Å². The van der Waals surface area contributed by atoms with Crippen LogP contribution in [0.4, 0.5) is 5.82 Å². The van der Waals surface area contributed by atoms with Gasteiger partial charge < -0.3 is 11.1 Å². The monoisotopic (exact) mass is 347 g/mol. The average molecular weight is 349 g/mol. The summed E-state index contributed by atoms with van der Waals surface area (Å²) in [5.74, 6) is 0.810. The molecule has 0 N–H and O–H groups in total. The summed E-state index contributed by atoms with van der Waals surface area (Å²) in [6.07, 6.45) is 1.67. The fourth-order valence-electron chi connectivity index (χ4n) is 0.930. The van der Waals surface area contributed by atoms with Gasteiger partial charge in [-0.3, -0.25) is 0 Å². The van der Waals surface area contributed by atoms with Crippen LogP contribution in [0.1, 0.15) is 1.43 Å². The van der Waals surface area contributed by atoms with Crippen molar-refractivity contribution in [3.8, 4) is 0 Å². The largest absolute Gasteiger partial charge is 1.00 e. The third kappa shape index (κ3) is 5.10. The molecule has 0 aliphatic carbocycles. The Morgan fingerprint density at radius 2 is 2.20 bits per heavy atom. The number of hydrogen-bond donors (Lipinski definition) is 0. The molecule has 0 amide bonds. The Balaban J connectivity index is 0. The first-order valence-electron chi connectivity index (χ1n) is 4.03. The van der Waals surface area contributed by atoms with E-state index in [1.807, 2.05) is 11.9 Å². The van der Waals surface area contributed by atoms with Crippen molar-refractivity contribution < 1.29 is 35.7 Å². The smallest absolute Gasteiger partial charge is 1.00 e. The summed E-state index contributed by atoms with van der Waals surface area (Å²) in [6.45, 7) is 1.45. The molecule has 7 heteroatoms. The third-order valence-corrected chi connectivity index (χ3v) is 2.59. The Bertz CT molecular complexity index is 319. The van der Waals surface area contributed by atoms with Gasteiger partial charge in [0.1, 0.15) is 9.21 Å². The number of ether oxygens (including phenoxy) is 1. The number of rotatable bonds is 4. The van der Waals surface area contributed by atoms with Gasteiger partial charge in [0.2, 0.25) is 0 Å². The van der Waals surface area contributed by atoms with Crippen LogP contribution >= 0.6 is 31.9 Å². The van der Waals surface area contributed by atoms with Crippen LogP contribution in [-0.2, 0) is 4.74 Å². The Hall–Kier alpha value is 0.800. The van der Waals surface area contributed by atoms with Gasteiger partial charge >= 0.3 is 29.6 Å². The summed E-state index contributed by atoms with van der Waals surface area (Å²) >= 11 is 6.60. The Labute approximate surface area is 130 Å². The van der Waals surface area contributed by atoms with Crippen LogP contribution in [-0.4, -0.2) is 37.3 Å². The minimum Gasteiger partial charge on any atom is -1.00 e. The van der Waals surface area contributed by atoms with Gasteiger partial charge in [-0.1, -0.05) is 0 Å². The van der Waals surface area contributed by atoms with Gasteiger partial charge in [-0.05, 0) is 31.9 Å². The maximum absolute atomic E-state index is 4.98. The molecule has 80 valence electrons. The summed E-state index contributed by atoms with van der Waals surface area (Å²) in [7, 11) is 3.62. The maximum Gasteiger partial charge on any atom is 1.00 e. The molecular formula is C8H12Br2N3NaO. The van der Waals surface area contributed by atoms with Crippen molar-refractivity contribution >= 4 is 37.7 Å². The zero-order chi connectivity index (χ0) is 10.6. The summed E-state index contributed by atoms with van der Waals surface area (Å²) in [5.41, 5.74) is 0. The van der Waals surface area contributed by atoms with E-state index in [-0.39, 0.29) is 31.0 Å². The molecule has 0 spiro atoms. The molecule has 1 aromatic rings. The number of methoxy groups -OCH3 is 1. The molecule has 4 nitrogen and oxygen atoms in total. The standard InChI is InChI=1S/C8H11Br2N3O.Na.H/c1-13(3-4-14-2)8-7(10)12-6(9)5-11-8;;/h5H,3-4H2,1-2H3;;/q;+1;-1. The van der Waals surface area contributed by atoms with Crippen molar-refractivity contribution in [2.24, 2.45) is 0 Å². The van der Waals surface area contributed by atoms with Gasteiger partial charge in [0.05, 0.1) is 12.8 Å². The van der Waals surface area contributed by atoms with Crippen molar-refractivity contribution in [3.63, 3.8) is 0 Å². The Morgan fingerprint density at radius 3 is 2.73 bits per heavy atom. The quantitative estimate of drug-likeness (QED) is 0.668. The van der Waals surface area contributed by atoms with E-state index in [4.69, 9.17) is 4.74 Å². The molecule has 0 saturated carbocycles. The van der Waals surface area contributed by atoms with Crippen LogP contribution in [0.25, 0.3) is 0 Å². The third-order valence-electron chi connectivity index (χ3n) is 1.68. The second-order valence-corrected chi connectivity index (χ2v) is 4.29. The van der Waals surface area contributed by atoms with Crippen LogP contribution < -0.4 is 34.5 Å². The summed E-state index contributed by atoms with van der Waals surface area (Å²) in [5, 5.41) is 0. The Kier molecular flexibility index (Phi) is 8.40. The fraction of sp³-hybridized carbons (Fsp3) is 0.500. The van der Waals surface area contributed by atoms with E-state index in [9.17, 15) is 0 Å². The molecule has 1 aromatic heterocycles. The van der Waals surface area contributed by atoms with Gasteiger partial charge in [-0.15, -0.1) is 0 Å². The number of anilines is 1. The van der Waals surface area contributed by atoms with Crippen LogP contribution in [0.15, 0.2) is 15.4 Å².